The van der Waals surface area contributed by atoms with Gasteiger partial charge in [0.1, 0.15) is 0 Å². The minimum absolute atomic E-state index is 0.134. The van der Waals surface area contributed by atoms with Gasteiger partial charge < -0.3 is 5.11 Å². The summed E-state index contributed by atoms with van der Waals surface area (Å²) in [7, 11) is 0. The molecule has 0 heterocycles. The first-order valence-corrected chi connectivity index (χ1v) is 4.37. The molecule has 0 aromatic carbocycles. The third-order valence-electron chi connectivity index (χ3n) is 2.10. The number of aliphatic hydroxyl groups excluding tert-OH is 1. The third-order valence-corrected chi connectivity index (χ3v) is 2.10. The van der Waals surface area contributed by atoms with Crippen LogP contribution in [0.25, 0.3) is 0 Å². The average molecular weight is 156 g/mol. The zero-order valence-electron chi connectivity index (χ0n) is 8.09. The Labute approximate surface area is 70.1 Å². The molecule has 0 fully saturated rings. The normalized spacial score (nSPS) is 15.6. The van der Waals surface area contributed by atoms with Gasteiger partial charge in [-0.1, -0.05) is 25.5 Å². The van der Waals surface area contributed by atoms with Crippen molar-refractivity contribution in [2.45, 2.75) is 46.6 Å². The van der Waals surface area contributed by atoms with Crippen LogP contribution in [-0.4, -0.2) is 11.2 Å². The summed E-state index contributed by atoms with van der Waals surface area (Å²) < 4.78 is 0. The fraction of sp³-hybridized carbons (Fsp3) is 0.800. The smallest absolute Gasteiger partial charge is 0.0566 e. The molecular formula is C10H20O. The second-order valence-electron chi connectivity index (χ2n) is 3.49. The van der Waals surface area contributed by atoms with Crippen molar-refractivity contribution in [2.24, 2.45) is 5.92 Å². The van der Waals surface area contributed by atoms with Crippen molar-refractivity contribution >= 4 is 0 Å². The standard InChI is InChI=1S/C10H20O/c1-5-9(4)6-7-10(11)8(2)3/h5,8,10-11H,6-7H2,1-4H3/b9-5+. The summed E-state index contributed by atoms with van der Waals surface area (Å²) in [6.45, 7) is 8.25. The maximum atomic E-state index is 9.44. The van der Waals surface area contributed by atoms with E-state index < -0.39 is 0 Å². The molecule has 1 N–H and O–H groups in total. The van der Waals surface area contributed by atoms with Crippen molar-refractivity contribution in [3.8, 4) is 0 Å². The van der Waals surface area contributed by atoms with Crippen LogP contribution in [0.2, 0.25) is 0 Å². The van der Waals surface area contributed by atoms with Crippen LogP contribution in [0, 0.1) is 5.92 Å². The van der Waals surface area contributed by atoms with E-state index in [9.17, 15) is 5.11 Å². The largest absolute Gasteiger partial charge is 0.393 e. The molecule has 1 atom stereocenters. The van der Waals surface area contributed by atoms with Crippen molar-refractivity contribution in [2.75, 3.05) is 0 Å². The van der Waals surface area contributed by atoms with Crippen LogP contribution in [0.15, 0.2) is 11.6 Å². The second-order valence-corrected chi connectivity index (χ2v) is 3.49. The molecule has 0 saturated heterocycles. The van der Waals surface area contributed by atoms with Crippen LogP contribution >= 0.6 is 0 Å². The molecule has 1 nitrogen and oxygen atoms in total. The molecule has 0 saturated carbocycles. The van der Waals surface area contributed by atoms with Crippen molar-refractivity contribution in [3.63, 3.8) is 0 Å². The van der Waals surface area contributed by atoms with E-state index in [1.807, 2.05) is 6.92 Å². The Hall–Kier alpha value is -0.300. The van der Waals surface area contributed by atoms with Gasteiger partial charge in [0, 0.05) is 0 Å². The molecule has 11 heavy (non-hydrogen) atoms. The van der Waals surface area contributed by atoms with Crippen LogP contribution in [0.1, 0.15) is 40.5 Å². The topological polar surface area (TPSA) is 20.2 Å². The molecule has 66 valence electrons. The summed E-state index contributed by atoms with van der Waals surface area (Å²) in [6.07, 6.45) is 3.89. The molecule has 0 aliphatic heterocycles. The van der Waals surface area contributed by atoms with Crippen LogP contribution in [0.5, 0.6) is 0 Å². The van der Waals surface area contributed by atoms with Gasteiger partial charge in [-0.05, 0) is 32.6 Å². The maximum absolute atomic E-state index is 9.44. The molecule has 0 radical (unpaired) electrons. The quantitative estimate of drug-likeness (QED) is 0.620. The fourth-order valence-electron chi connectivity index (χ4n) is 0.853. The van der Waals surface area contributed by atoms with Gasteiger partial charge in [0.25, 0.3) is 0 Å². The van der Waals surface area contributed by atoms with Crippen LogP contribution in [0.3, 0.4) is 0 Å². The van der Waals surface area contributed by atoms with E-state index in [4.69, 9.17) is 0 Å². The highest BCUT2D eigenvalue weighted by molar-refractivity contribution is 4.95. The van der Waals surface area contributed by atoms with Gasteiger partial charge in [0.2, 0.25) is 0 Å². The second kappa shape index (κ2) is 5.36. The van der Waals surface area contributed by atoms with E-state index in [0.717, 1.165) is 12.8 Å². The zero-order valence-corrected chi connectivity index (χ0v) is 8.09. The third kappa shape index (κ3) is 5.02. The van der Waals surface area contributed by atoms with Crippen LogP contribution in [-0.2, 0) is 0 Å². The lowest BCUT2D eigenvalue weighted by atomic mass is 10.00. The Balaban J connectivity index is 3.54. The lowest BCUT2D eigenvalue weighted by Gasteiger charge is -2.13. The maximum Gasteiger partial charge on any atom is 0.0566 e. The zero-order chi connectivity index (χ0) is 8.85. The molecule has 1 unspecified atom stereocenters. The first kappa shape index (κ1) is 10.7. The first-order valence-electron chi connectivity index (χ1n) is 4.37. The minimum atomic E-state index is -0.134. The van der Waals surface area contributed by atoms with Crippen LogP contribution < -0.4 is 0 Å². The molecule has 0 aliphatic rings. The number of rotatable bonds is 4. The van der Waals surface area contributed by atoms with Gasteiger partial charge in [-0.3, -0.25) is 0 Å². The predicted molar refractivity (Wildman–Crippen MR) is 49.5 cm³/mol. The van der Waals surface area contributed by atoms with Gasteiger partial charge in [-0.2, -0.15) is 0 Å². The molecule has 0 aromatic heterocycles. The highest BCUT2D eigenvalue weighted by Crippen LogP contribution is 2.12. The van der Waals surface area contributed by atoms with E-state index in [1.165, 1.54) is 5.57 Å². The van der Waals surface area contributed by atoms with E-state index >= 15 is 0 Å². The first-order chi connectivity index (χ1) is 5.07. The molecule has 0 spiro atoms. The highest BCUT2D eigenvalue weighted by Gasteiger charge is 2.07. The Bertz CT molecular complexity index is 125. The lowest BCUT2D eigenvalue weighted by molar-refractivity contribution is 0.116. The molecule has 0 bridgehead atoms. The van der Waals surface area contributed by atoms with Crippen LogP contribution in [0.4, 0.5) is 0 Å². The monoisotopic (exact) mass is 156 g/mol. The Morgan fingerprint density at radius 1 is 1.45 bits per heavy atom. The Morgan fingerprint density at radius 3 is 2.36 bits per heavy atom. The summed E-state index contributed by atoms with van der Waals surface area (Å²) in [5, 5.41) is 9.44. The molecular weight excluding hydrogens is 136 g/mol. The van der Waals surface area contributed by atoms with Crippen molar-refractivity contribution in [1.29, 1.82) is 0 Å². The summed E-state index contributed by atoms with van der Waals surface area (Å²) in [6, 6.07) is 0. The fourth-order valence-corrected chi connectivity index (χ4v) is 0.853. The summed E-state index contributed by atoms with van der Waals surface area (Å²) >= 11 is 0. The summed E-state index contributed by atoms with van der Waals surface area (Å²) in [4.78, 5) is 0. The van der Waals surface area contributed by atoms with Crippen molar-refractivity contribution in [3.05, 3.63) is 11.6 Å². The molecule has 1 heteroatoms. The SMILES string of the molecule is C/C=C(\C)CCC(O)C(C)C. The van der Waals surface area contributed by atoms with Gasteiger partial charge in [-0.25, -0.2) is 0 Å². The molecule has 0 rings (SSSR count). The van der Waals surface area contributed by atoms with E-state index in [-0.39, 0.29) is 6.10 Å². The highest BCUT2D eigenvalue weighted by atomic mass is 16.3. The lowest BCUT2D eigenvalue weighted by Crippen LogP contribution is -2.14. The molecule has 0 amide bonds. The molecule has 0 aliphatic carbocycles. The van der Waals surface area contributed by atoms with E-state index in [0.29, 0.717) is 5.92 Å². The van der Waals surface area contributed by atoms with Gasteiger partial charge in [0.15, 0.2) is 0 Å². The van der Waals surface area contributed by atoms with E-state index in [1.54, 1.807) is 0 Å². The number of hydrogen-bond donors (Lipinski definition) is 1. The van der Waals surface area contributed by atoms with Gasteiger partial charge in [-0.15, -0.1) is 0 Å². The Kier molecular flexibility index (Phi) is 5.22. The van der Waals surface area contributed by atoms with Gasteiger partial charge >= 0.3 is 0 Å². The van der Waals surface area contributed by atoms with Gasteiger partial charge in [0.05, 0.1) is 6.10 Å². The van der Waals surface area contributed by atoms with Crippen molar-refractivity contribution < 1.29 is 5.11 Å². The molecule has 0 aromatic rings. The average Bonchev–Trinajstić information content (AvgIpc) is 1.99. The van der Waals surface area contributed by atoms with Crippen molar-refractivity contribution in [1.82, 2.24) is 0 Å². The number of hydrogen-bond acceptors (Lipinski definition) is 1. The van der Waals surface area contributed by atoms with E-state index in [2.05, 4.69) is 26.8 Å². The minimum Gasteiger partial charge on any atom is -0.393 e. The summed E-state index contributed by atoms with van der Waals surface area (Å²) in [5.41, 5.74) is 1.37. The summed E-state index contributed by atoms with van der Waals surface area (Å²) in [5.74, 6) is 0.389. The number of allylic oxidation sites excluding steroid dienone is 2. The Morgan fingerprint density at radius 2 is 2.00 bits per heavy atom. The number of aliphatic hydroxyl groups is 1. The predicted octanol–water partition coefficient (Wildman–Crippen LogP) is 2.75.